The van der Waals surface area contributed by atoms with Crippen molar-refractivity contribution in [3.05, 3.63) is 36.2 Å². The van der Waals surface area contributed by atoms with E-state index >= 15 is 0 Å². The van der Waals surface area contributed by atoms with Crippen LogP contribution in [0.1, 0.15) is 13.3 Å². The lowest BCUT2D eigenvalue weighted by Crippen LogP contribution is -2.00. The van der Waals surface area contributed by atoms with Crippen LogP contribution in [0, 0.1) is 5.82 Å². The molecule has 1 aromatic rings. The summed E-state index contributed by atoms with van der Waals surface area (Å²) in [7, 11) is 1.68. The first-order chi connectivity index (χ1) is 7.29. The third-order valence-corrected chi connectivity index (χ3v) is 2.01. The van der Waals surface area contributed by atoms with Crippen molar-refractivity contribution in [1.29, 1.82) is 0 Å². The van der Waals surface area contributed by atoms with Crippen molar-refractivity contribution in [1.82, 2.24) is 0 Å². The van der Waals surface area contributed by atoms with Crippen LogP contribution in [0.25, 0.3) is 0 Å². The normalized spacial score (nSPS) is 10.6. The van der Waals surface area contributed by atoms with E-state index in [2.05, 4.69) is 5.32 Å². The van der Waals surface area contributed by atoms with Crippen molar-refractivity contribution < 1.29 is 9.13 Å². The molecule has 15 heavy (non-hydrogen) atoms. The SMILES string of the molecule is C/C=C/CCOc1cccc(NC)c1F. The molecule has 0 amide bonds. The number of anilines is 1. The Kier molecular flexibility index (Phi) is 4.68. The molecule has 82 valence electrons. The highest BCUT2D eigenvalue weighted by Gasteiger charge is 2.06. The van der Waals surface area contributed by atoms with Crippen LogP contribution in [0.3, 0.4) is 0 Å². The van der Waals surface area contributed by atoms with Crippen LogP contribution >= 0.6 is 0 Å². The summed E-state index contributed by atoms with van der Waals surface area (Å²) in [5.41, 5.74) is 0.457. The van der Waals surface area contributed by atoms with E-state index in [-0.39, 0.29) is 5.82 Å². The van der Waals surface area contributed by atoms with Crippen molar-refractivity contribution in [3.63, 3.8) is 0 Å². The van der Waals surface area contributed by atoms with Crippen molar-refractivity contribution in [2.45, 2.75) is 13.3 Å². The zero-order valence-corrected chi connectivity index (χ0v) is 9.09. The molecular weight excluding hydrogens is 193 g/mol. The zero-order valence-electron chi connectivity index (χ0n) is 9.09. The summed E-state index contributed by atoms with van der Waals surface area (Å²) in [4.78, 5) is 0. The van der Waals surface area contributed by atoms with Gasteiger partial charge in [-0.2, -0.15) is 0 Å². The molecule has 0 atom stereocenters. The predicted molar refractivity (Wildman–Crippen MR) is 60.9 cm³/mol. The predicted octanol–water partition coefficient (Wildman–Crippen LogP) is 3.21. The molecule has 0 aromatic heterocycles. The lowest BCUT2D eigenvalue weighted by molar-refractivity contribution is 0.308. The number of hydrogen-bond acceptors (Lipinski definition) is 2. The Morgan fingerprint density at radius 3 is 2.93 bits per heavy atom. The lowest BCUT2D eigenvalue weighted by Gasteiger charge is -2.08. The second kappa shape index (κ2) is 6.06. The standard InChI is InChI=1S/C12H16FNO/c1-3-4-5-9-15-11-8-6-7-10(14-2)12(11)13/h3-4,6-8,14H,5,9H2,1-2H3/b4-3+. The number of nitrogens with one attached hydrogen (secondary N) is 1. The number of allylic oxidation sites excluding steroid dienone is 1. The van der Waals surface area contributed by atoms with Gasteiger partial charge in [-0.15, -0.1) is 0 Å². The minimum Gasteiger partial charge on any atom is -0.490 e. The molecule has 1 rings (SSSR count). The van der Waals surface area contributed by atoms with E-state index in [1.807, 2.05) is 19.1 Å². The third kappa shape index (κ3) is 3.27. The quantitative estimate of drug-likeness (QED) is 0.594. The summed E-state index contributed by atoms with van der Waals surface area (Å²) in [6.45, 7) is 2.44. The highest BCUT2D eigenvalue weighted by atomic mass is 19.1. The van der Waals surface area contributed by atoms with Crippen LogP contribution in [-0.2, 0) is 0 Å². The molecule has 0 saturated heterocycles. The summed E-state index contributed by atoms with van der Waals surface area (Å²) in [6, 6.07) is 5.07. The fraction of sp³-hybridized carbons (Fsp3) is 0.333. The highest BCUT2D eigenvalue weighted by Crippen LogP contribution is 2.23. The fourth-order valence-corrected chi connectivity index (χ4v) is 1.22. The van der Waals surface area contributed by atoms with Gasteiger partial charge in [0.15, 0.2) is 11.6 Å². The van der Waals surface area contributed by atoms with E-state index in [1.54, 1.807) is 25.2 Å². The monoisotopic (exact) mass is 209 g/mol. The van der Waals surface area contributed by atoms with Crippen LogP contribution in [0.4, 0.5) is 10.1 Å². The van der Waals surface area contributed by atoms with E-state index in [0.717, 1.165) is 6.42 Å². The molecule has 0 aliphatic rings. The Morgan fingerprint density at radius 2 is 2.27 bits per heavy atom. The average Bonchev–Trinajstić information content (AvgIpc) is 2.26. The van der Waals surface area contributed by atoms with Gasteiger partial charge in [0.2, 0.25) is 0 Å². The van der Waals surface area contributed by atoms with E-state index in [0.29, 0.717) is 18.0 Å². The summed E-state index contributed by atoms with van der Waals surface area (Å²) < 4.78 is 18.9. The Morgan fingerprint density at radius 1 is 1.47 bits per heavy atom. The minimum atomic E-state index is -0.333. The van der Waals surface area contributed by atoms with Gasteiger partial charge in [-0.05, 0) is 25.5 Å². The molecule has 2 nitrogen and oxygen atoms in total. The number of ether oxygens (including phenoxy) is 1. The topological polar surface area (TPSA) is 21.3 Å². The third-order valence-electron chi connectivity index (χ3n) is 2.01. The Hall–Kier alpha value is -1.51. The largest absolute Gasteiger partial charge is 0.490 e. The molecule has 0 unspecified atom stereocenters. The summed E-state index contributed by atoms with van der Waals surface area (Å²) in [5, 5.41) is 2.77. The van der Waals surface area contributed by atoms with Crippen LogP contribution in [0.15, 0.2) is 30.4 Å². The van der Waals surface area contributed by atoms with Crippen LogP contribution in [-0.4, -0.2) is 13.7 Å². The molecule has 3 heteroatoms. The van der Waals surface area contributed by atoms with Crippen molar-refractivity contribution in [3.8, 4) is 5.75 Å². The molecule has 0 heterocycles. The molecule has 0 saturated carbocycles. The molecule has 0 bridgehead atoms. The maximum Gasteiger partial charge on any atom is 0.188 e. The first-order valence-corrected chi connectivity index (χ1v) is 4.99. The maximum absolute atomic E-state index is 13.6. The van der Waals surface area contributed by atoms with Gasteiger partial charge in [0.25, 0.3) is 0 Å². The molecule has 0 aliphatic carbocycles. The highest BCUT2D eigenvalue weighted by molar-refractivity contribution is 5.49. The lowest BCUT2D eigenvalue weighted by atomic mass is 10.3. The van der Waals surface area contributed by atoms with Gasteiger partial charge in [0.05, 0.1) is 12.3 Å². The van der Waals surface area contributed by atoms with Crippen LogP contribution < -0.4 is 10.1 Å². The average molecular weight is 209 g/mol. The van der Waals surface area contributed by atoms with Gasteiger partial charge in [-0.3, -0.25) is 0 Å². The first kappa shape index (κ1) is 11.6. The number of benzene rings is 1. The van der Waals surface area contributed by atoms with Gasteiger partial charge in [0, 0.05) is 7.05 Å². The summed E-state index contributed by atoms with van der Waals surface area (Å²) in [6.07, 6.45) is 4.73. The smallest absolute Gasteiger partial charge is 0.188 e. The van der Waals surface area contributed by atoms with E-state index in [4.69, 9.17) is 4.74 Å². The van der Waals surface area contributed by atoms with Gasteiger partial charge < -0.3 is 10.1 Å². The fourth-order valence-electron chi connectivity index (χ4n) is 1.22. The van der Waals surface area contributed by atoms with Gasteiger partial charge >= 0.3 is 0 Å². The number of rotatable bonds is 5. The molecule has 0 spiro atoms. The molecule has 1 N–H and O–H groups in total. The van der Waals surface area contributed by atoms with Crippen molar-refractivity contribution in [2.24, 2.45) is 0 Å². The second-order valence-corrected chi connectivity index (χ2v) is 3.07. The zero-order chi connectivity index (χ0) is 11.1. The minimum absolute atomic E-state index is 0.298. The number of hydrogen-bond donors (Lipinski definition) is 1. The van der Waals surface area contributed by atoms with Gasteiger partial charge in [-0.1, -0.05) is 18.2 Å². The Bertz CT molecular complexity index is 336. The summed E-state index contributed by atoms with van der Waals surface area (Å²) >= 11 is 0. The first-order valence-electron chi connectivity index (χ1n) is 4.99. The molecule has 0 aliphatic heterocycles. The van der Waals surface area contributed by atoms with Crippen LogP contribution in [0.2, 0.25) is 0 Å². The second-order valence-electron chi connectivity index (χ2n) is 3.07. The number of halogens is 1. The summed E-state index contributed by atoms with van der Waals surface area (Å²) in [5.74, 6) is -0.0353. The Labute approximate surface area is 89.8 Å². The maximum atomic E-state index is 13.6. The molecule has 0 radical (unpaired) electrons. The molecule has 0 fully saturated rings. The van der Waals surface area contributed by atoms with Crippen molar-refractivity contribution >= 4 is 5.69 Å². The van der Waals surface area contributed by atoms with E-state index in [1.165, 1.54) is 0 Å². The van der Waals surface area contributed by atoms with Crippen LogP contribution in [0.5, 0.6) is 5.75 Å². The van der Waals surface area contributed by atoms with E-state index in [9.17, 15) is 4.39 Å². The van der Waals surface area contributed by atoms with Crippen molar-refractivity contribution in [2.75, 3.05) is 19.0 Å². The Balaban J connectivity index is 2.60. The van der Waals surface area contributed by atoms with E-state index < -0.39 is 0 Å². The van der Waals surface area contributed by atoms with Gasteiger partial charge in [0.1, 0.15) is 0 Å². The molecule has 1 aromatic carbocycles. The van der Waals surface area contributed by atoms with Gasteiger partial charge in [-0.25, -0.2) is 4.39 Å². The molecular formula is C12H16FNO.